The number of furan rings is 1. The third kappa shape index (κ3) is 3.16. The molecule has 4 aromatic rings. The molecule has 0 aliphatic carbocycles. The molecule has 0 bridgehead atoms. The Morgan fingerprint density at radius 2 is 1.46 bits per heavy atom. The largest absolute Gasteiger partial charge is 0.463 e. The van der Waals surface area contributed by atoms with Crippen LogP contribution in [0.25, 0.3) is 39.3 Å². The Labute approximate surface area is 161 Å². The molecule has 1 nitrogen and oxygen atoms in total. The monoisotopic (exact) mass is 400 g/mol. The standard InChI is InChI=1S/C24H17BrO/c1-2-3-5-20-16-26-24-22(6-4-7-23(20)24)19-10-8-17(9-11-19)18-12-14-21(25)15-13-18/h2-16H,1H2/b5-3-. The molecule has 0 amide bonds. The van der Waals surface area contributed by atoms with Crippen LogP contribution in [0.15, 0.2) is 101 Å². The van der Waals surface area contributed by atoms with Crippen LogP contribution in [-0.4, -0.2) is 0 Å². The lowest BCUT2D eigenvalue weighted by Gasteiger charge is -2.06. The van der Waals surface area contributed by atoms with E-state index in [1.165, 1.54) is 11.1 Å². The second-order valence-corrected chi connectivity index (χ2v) is 6.97. The molecule has 0 atom stereocenters. The number of hydrogen-bond donors (Lipinski definition) is 0. The zero-order chi connectivity index (χ0) is 17.9. The highest BCUT2D eigenvalue weighted by molar-refractivity contribution is 9.10. The molecule has 0 radical (unpaired) electrons. The van der Waals surface area contributed by atoms with Crippen LogP contribution in [0.4, 0.5) is 0 Å². The molecule has 3 aromatic carbocycles. The summed E-state index contributed by atoms with van der Waals surface area (Å²) in [6.07, 6.45) is 7.50. The van der Waals surface area contributed by atoms with Crippen molar-refractivity contribution in [3.05, 3.63) is 102 Å². The molecule has 0 saturated heterocycles. The average Bonchev–Trinajstić information content (AvgIpc) is 3.10. The number of fused-ring (bicyclic) bond motifs is 1. The van der Waals surface area contributed by atoms with Crippen LogP contribution in [0.5, 0.6) is 0 Å². The Morgan fingerprint density at radius 3 is 2.15 bits per heavy atom. The lowest BCUT2D eigenvalue weighted by Crippen LogP contribution is -1.81. The Kier molecular flexibility index (Phi) is 4.59. The van der Waals surface area contributed by atoms with Crippen molar-refractivity contribution in [2.24, 2.45) is 0 Å². The predicted octanol–water partition coefficient (Wildman–Crippen LogP) is 7.73. The number of rotatable bonds is 4. The predicted molar refractivity (Wildman–Crippen MR) is 114 cm³/mol. The second-order valence-electron chi connectivity index (χ2n) is 6.05. The zero-order valence-electron chi connectivity index (χ0n) is 14.2. The smallest absolute Gasteiger partial charge is 0.142 e. The number of benzene rings is 3. The van der Waals surface area contributed by atoms with E-state index < -0.39 is 0 Å². The minimum Gasteiger partial charge on any atom is -0.463 e. The third-order valence-corrected chi connectivity index (χ3v) is 4.94. The van der Waals surface area contributed by atoms with E-state index in [1.807, 2.05) is 12.2 Å². The van der Waals surface area contributed by atoms with Crippen LogP contribution in [0.3, 0.4) is 0 Å². The van der Waals surface area contributed by atoms with Crippen LogP contribution in [0, 0.1) is 0 Å². The fraction of sp³-hybridized carbons (Fsp3) is 0. The van der Waals surface area contributed by atoms with Gasteiger partial charge in [0.1, 0.15) is 5.58 Å². The summed E-state index contributed by atoms with van der Waals surface area (Å²) in [7, 11) is 0. The quantitative estimate of drug-likeness (QED) is 0.319. The minimum atomic E-state index is 0.910. The molecule has 0 aliphatic heterocycles. The van der Waals surface area contributed by atoms with Gasteiger partial charge in [-0.3, -0.25) is 0 Å². The van der Waals surface area contributed by atoms with Crippen molar-refractivity contribution in [3.63, 3.8) is 0 Å². The Balaban J connectivity index is 1.73. The summed E-state index contributed by atoms with van der Waals surface area (Å²) in [4.78, 5) is 0. The summed E-state index contributed by atoms with van der Waals surface area (Å²) in [6, 6.07) is 23.2. The molecular formula is C24H17BrO. The maximum absolute atomic E-state index is 5.87. The van der Waals surface area contributed by atoms with Crippen molar-refractivity contribution >= 4 is 33.0 Å². The van der Waals surface area contributed by atoms with Crippen molar-refractivity contribution in [1.29, 1.82) is 0 Å². The van der Waals surface area contributed by atoms with Crippen LogP contribution < -0.4 is 0 Å². The van der Waals surface area contributed by atoms with Crippen LogP contribution in [0.1, 0.15) is 5.56 Å². The topological polar surface area (TPSA) is 13.1 Å². The van der Waals surface area contributed by atoms with Crippen molar-refractivity contribution in [3.8, 4) is 22.3 Å². The molecule has 1 heterocycles. The van der Waals surface area contributed by atoms with Gasteiger partial charge < -0.3 is 4.42 Å². The Hall–Kier alpha value is -2.84. The first kappa shape index (κ1) is 16.6. The van der Waals surface area contributed by atoms with Crippen LogP contribution in [-0.2, 0) is 0 Å². The summed E-state index contributed by atoms with van der Waals surface area (Å²) in [5.74, 6) is 0. The van der Waals surface area contributed by atoms with Gasteiger partial charge >= 0.3 is 0 Å². The van der Waals surface area contributed by atoms with Crippen LogP contribution in [0.2, 0.25) is 0 Å². The van der Waals surface area contributed by atoms with E-state index >= 15 is 0 Å². The molecule has 0 aliphatic rings. The van der Waals surface area contributed by atoms with Gasteiger partial charge in [0.15, 0.2) is 0 Å². The summed E-state index contributed by atoms with van der Waals surface area (Å²) in [5.41, 5.74) is 6.62. The Bertz CT molecular complexity index is 1080. The zero-order valence-corrected chi connectivity index (χ0v) is 15.7. The van der Waals surface area contributed by atoms with Gasteiger partial charge in [-0.25, -0.2) is 0 Å². The van der Waals surface area contributed by atoms with Gasteiger partial charge in [-0.05, 0) is 28.8 Å². The van der Waals surface area contributed by atoms with Gasteiger partial charge in [0.25, 0.3) is 0 Å². The van der Waals surface area contributed by atoms with Crippen molar-refractivity contribution < 1.29 is 4.42 Å². The van der Waals surface area contributed by atoms with Gasteiger partial charge in [-0.1, -0.05) is 95.3 Å². The highest BCUT2D eigenvalue weighted by Crippen LogP contribution is 2.33. The SMILES string of the molecule is C=C/C=C\c1coc2c(-c3ccc(-c4ccc(Br)cc4)cc3)cccc12. The molecule has 4 rings (SSSR count). The Morgan fingerprint density at radius 1 is 0.808 bits per heavy atom. The molecule has 0 N–H and O–H groups in total. The first-order chi connectivity index (χ1) is 12.8. The summed E-state index contributed by atoms with van der Waals surface area (Å²) < 4.78 is 6.96. The fourth-order valence-electron chi connectivity index (χ4n) is 3.09. The maximum Gasteiger partial charge on any atom is 0.142 e. The van der Waals surface area contributed by atoms with Gasteiger partial charge in [0.05, 0.1) is 6.26 Å². The van der Waals surface area contributed by atoms with E-state index in [0.29, 0.717) is 0 Å². The molecule has 0 unspecified atom stereocenters. The molecule has 0 spiro atoms. The molecule has 0 fully saturated rings. The summed E-state index contributed by atoms with van der Waals surface area (Å²) in [5, 5.41) is 1.11. The normalized spacial score (nSPS) is 11.3. The second kappa shape index (κ2) is 7.19. The fourth-order valence-corrected chi connectivity index (χ4v) is 3.35. The maximum atomic E-state index is 5.87. The molecule has 0 saturated carbocycles. The van der Waals surface area contributed by atoms with Crippen molar-refractivity contribution in [2.75, 3.05) is 0 Å². The van der Waals surface area contributed by atoms with E-state index in [1.54, 1.807) is 12.3 Å². The van der Waals surface area contributed by atoms with Crippen LogP contribution >= 0.6 is 15.9 Å². The van der Waals surface area contributed by atoms with Gasteiger partial charge in [0.2, 0.25) is 0 Å². The molecule has 1 aromatic heterocycles. The average molecular weight is 401 g/mol. The lowest BCUT2D eigenvalue weighted by atomic mass is 9.99. The highest BCUT2D eigenvalue weighted by Gasteiger charge is 2.10. The number of hydrogen-bond acceptors (Lipinski definition) is 1. The minimum absolute atomic E-state index is 0.910. The number of allylic oxidation sites excluding steroid dienone is 2. The molecular weight excluding hydrogens is 384 g/mol. The van der Waals surface area contributed by atoms with E-state index in [9.17, 15) is 0 Å². The summed E-state index contributed by atoms with van der Waals surface area (Å²) in [6.45, 7) is 3.72. The van der Waals surface area contributed by atoms with E-state index in [-0.39, 0.29) is 0 Å². The molecule has 2 heteroatoms. The first-order valence-electron chi connectivity index (χ1n) is 8.42. The highest BCUT2D eigenvalue weighted by atomic mass is 79.9. The first-order valence-corrected chi connectivity index (χ1v) is 9.21. The molecule has 126 valence electrons. The number of para-hydroxylation sites is 1. The van der Waals surface area contributed by atoms with Crippen molar-refractivity contribution in [2.45, 2.75) is 0 Å². The van der Waals surface area contributed by atoms with E-state index in [2.05, 4.69) is 89.2 Å². The lowest BCUT2D eigenvalue weighted by molar-refractivity contribution is 0.616. The van der Waals surface area contributed by atoms with Crippen molar-refractivity contribution in [1.82, 2.24) is 0 Å². The van der Waals surface area contributed by atoms with E-state index in [0.717, 1.165) is 32.1 Å². The molecule has 26 heavy (non-hydrogen) atoms. The van der Waals surface area contributed by atoms with Gasteiger partial charge in [-0.2, -0.15) is 0 Å². The summed E-state index contributed by atoms with van der Waals surface area (Å²) >= 11 is 3.48. The third-order valence-electron chi connectivity index (χ3n) is 4.42. The number of halogens is 1. The van der Waals surface area contributed by atoms with E-state index in [4.69, 9.17) is 4.42 Å². The van der Waals surface area contributed by atoms with Gasteiger partial charge in [-0.15, -0.1) is 0 Å². The van der Waals surface area contributed by atoms with Gasteiger partial charge in [0, 0.05) is 21.0 Å².